The Morgan fingerprint density at radius 1 is 1.14 bits per heavy atom. The summed E-state index contributed by atoms with van der Waals surface area (Å²) in [5.41, 5.74) is 2.33. The van der Waals surface area contributed by atoms with Crippen LogP contribution in [-0.2, 0) is 0 Å². The summed E-state index contributed by atoms with van der Waals surface area (Å²) >= 11 is 18.5. The molecule has 2 nitrogen and oxygen atoms in total. The molecule has 1 heterocycles. The molecule has 1 aliphatic heterocycles. The second-order valence-corrected chi connectivity index (χ2v) is 6.72. The highest BCUT2D eigenvalue weighted by molar-refractivity contribution is 6.33. The highest BCUT2D eigenvalue weighted by Crippen LogP contribution is 2.34. The van der Waals surface area contributed by atoms with Crippen LogP contribution in [0.25, 0.3) is 0 Å². The molecule has 0 bridgehead atoms. The highest BCUT2D eigenvalue weighted by atomic mass is 35.5. The molecule has 2 aliphatic rings. The summed E-state index contributed by atoms with van der Waals surface area (Å²) in [6.07, 6.45) is 4.90. The minimum absolute atomic E-state index is 0.00172. The SMILES string of the molecule is ClC1=CC(Cl)CC=C1N1CCNC[C@H]1c1ccc(Cl)cc1. The van der Waals surface area contributed by atoms with E-state index < -0.39 is 0 Å². The molecule has 21 heavy (non-hydrogen) atoms. The third-order valence-corrected chi connectivity index (χ3v) is 4.79. The molecule has 1 unspecified atom stereocenters. The Kier molecular flexibility index (Phi) is 4.80. The van der Waals surface area contributed by atoms with E-state index in [4.69, 9.17) is 34.8 Å². The number of rotatable bonds is 2. The summed E-state index contributed by atoms with van der Waals surface area (Å²) in [4.78, 5) is 2.36. The van der Waals surface area contributed by atoms with E-state index in [2.05, 4.69) is 28.4 Å². The van der Waals surface area contributed by atoms with Crippen molar-refractivity contribution < 1.29 is 0 Å². The first-order valence-corrected chi connectivity index (χ1v) is 8.29. The van der Waals surface area contributed by atoms with Crippen LogP contribution < -0.4 is 5.32 Å². The molecule has 1 saturated heterocycles. The molecular weight excluding hydrogens is 327 g/mol. The lowest BCUT2D eigenvalue weighted by atomic mass is 10.0. The fraction of sp³-hybridized carbons (Fsp3) is 0.375. The monoisotopic (exact) mass is 342 g/mol. The van der Waals surface area contributed by atoms with E-state index in [9.17, 15) is 0 Å². The number of benzene rings is 1. The summed E-state index contributed by atoms with van der Waals surface area (Å²) in [6.45, 7) is 2.78. The van der Waals surface area contributed by atoms with Gasteiger partial charge in [0.25, 0.3) is 0 Å². The number of alkyl halides is 1. The Labute approximate surface area is 140 Å². The van der Waals surface area contributed by atoms with Gasteiger partial charge in [-0.05, 0) is 30.2 Å². The minimum Gasteiger partial charge on any atom is -0.361 e. The van der Waals surface area contributed by atoms with Crippen LogP contribution in [0.5, 0.6) is 0 Å². The molecule has 0 aromatic heterocycles. The molecule has 0 amide bonds. The lowest BCUT2D eigenvalue weighted by Crippen LogP contribution is -2.45. The Morgan fingerprint density at radius 3 is 2.62 bits per heavy atom. The molecule has 2 atom stereocenters. The molecule has 0 spiro atoms. The predicted octanol–water partition coefficient (Wildman–Crippen LogP) is 4.30. The quantitative estimate of drug-likeness (QED) is 0.805. The number of hydrogen-bond acceptors (Lipinski definition) is 2. The molecular formula is C16H17Cl3N2. The molecule has 1 aromatic rings. The van der Waals surface area contributed by atoms with E-state index in [1.54, 1.807) is 0 Å². The Morgan fingerprint density at radius 2 is 1.90 bits per heavy atom. The molecule has 3 rings (SSSR count). The van der Waals surface area contributed by atoms with Crippen molar-refractivity contribution in [2.75, 3.05) is 19.6 Å². The maximum Gasteiger partial charge on any atom is 0.0667 e. The van der Waals surface area contributed by atoms with Gasteiger partial charge in [0, 0.05) is 24.7 Å². The van der Waals surface area contributed by atoms with Gasteiger partial charge in [0.15, 0.2) is 0 Å². The van der Waals surface area contributed by atoms with Crippen molar-refractivity contribution in [1.29, 1.82) is 0 Å². The van der Waals surface area contributed by atoms with Gasteiger partial charge in [0.2, 0.25) is 0 Å². The highest BCUT2D eigenvalue weighted by Gasteiger charge is 2.28. The van der Waals surface area contributed by atoms with Gasteiger partial charge in [0.1, 0.15) is 0 Å². The van der Waals surface area contributed by atoms with Crippen LogP contribution >= 0.6 is 34.8 Å². The third kappa shape index (κ3) is 3.40. The van der Waals surface area contributed by atoms with Crippen LogP contribution in [0.1, 0.15) is 18.0 Å². The number of allylic oxidation sites excluding steroid dienone is 3. The summed E-state index contributed by atoms with van der Waals surface area (Å²) in [5.74, 6) is 0. The van der Waals surface area contributed by atoms with Gasteiger partial charge in [-0.3, -0.25) is 0 Å². The molecule has 0 saturated carbocycles. The fourth-order valence-corrected chi connectivity index (χ4v) is 3.61. The number of halogens is 3. The van der Waals surface area contributed by atoms with Crippen LogP contribution in [0.15, 0.2) is 47.1 Å². The van der Waals surface area contributed by atoms with E-state index in [1.165, 1.54) is 5.56 Å². The maximum atomic E-state index is 6.41. The van der Waals surface area contributed by atoms with Gasteiger partial charge >= 0.3 is 0 Å². The topological polar surface area (TPSA) is 15.3 Å². The van der Waals surface area contributed by atoms with E-state index >= 15 is 0 Å². The number of nitrogens with one attached hydrogen (secondary N) is 1. The first kappa shape index (κ1) is 15.2. The Hall–Kier alpha value is -0.670. The first-order valence-electron chi connectivity index (χ1n) is 7.10. The average molecular weight is 344 g/mol. The summed E-state index contributed by atoms with van der Waals surface area (Å²) in [7, 11) is 0. The normalized spacial score (nSPS) is 26.3. The molecule has 112 valence electrons. The van der Waals surface area contributed by atoms with E-state index in [-0.39, 0.29) is 11.4 Å². The van der Waals surface area contributed by atoms with Crippen LogP contribution in [0.4, 0.5) is 0 Å². The fourth-order valence-electron chi connectivity index (χ4n) is 2.86. The number of nitrogens with zero attached hydrogens (tertiary/aromatic N) is 1. The summed E-state index contributed by atoms with van der Waals surface area (Å²) < 4.78 is 0. The average Bonchev–Trinajstić information content (AvgIpc) is 2.48. The minimum atomic E-state index is -0.00172. The zero-order valence-corrected chi connectivity index (χ0v) is 13.8. The largest absolute Gasteiger partial charge is 0.361 e. The Balaban J connectivity index is 1.88. The van der Waals surface area contributed by atoms with Crippen molar-refractivity contribution in [3.8, 4) is 0 Å². The summed E-state index contributed by atoms with van der Waals surface area (Å²) in [5, 5.41) is 4.96. The number of piperazine rings is 1. The second-order valence-electron chi connectivity index (χ2n) is 5.32. The zero-order valence-electron chi connectivity index (χ0n) is 11.5. The molecule has 1 fully saturated rings. The summed E-state index contributed by atoms with van der Waals surface area (Å²) in [6, 6.07) is 8.30. The second kappa shape index (κ2) is 6.62. The van der Waals surface area contributed by atoms with Crippen molar-refractivity contribution in [1.82, 2.24) is 10.2 Å². The van der Waals surface area contributed by atoms with E-state index in [0.717, 1.165) is 41.8 Å². The lowest BCUT2D eigenvalue weighted by Gasteiger charge is -2.40. The maximum absolute atomic E-state index is 6.41. The zero-order chi connectivity index (χ0) is 14.8. The van der Waals surface area contributed by atoms with Gasteiger partial charge in [-0.1, -0.05) is 41.4 Å². The standard InChI is InChI=1S/C16H17Cl3N2/c17-12-3-1-11(2-4-12)16-10-20-7-8-21(16)15-6-5-13(18)9-14(15)19/h1-4,6,9,13,16,20H,5,7-8,10H2/t13?,16-/m0/s1. The van der Waals surface area contributed by atoms with Gasteiger partial charge in [0.05, 0.1) is 22.1 Å². The van der Waals surface area contributed by atoms with Gasteiger partial charge in [-0.25, -0.2) is 0 Å². The predicted molar refractivity (Wildman–Crippen MR) is 90.0 cm³/mol. The van der Waals surface area contributed by atoms with Crippen molar-refractivity contribution in [2.24, 2.45) is 0 Å². The molecule has 1 N–H and O–H groups in total. The Bertz CT molecular complexity index is 565. The third-order valence-electron chi connectivity index (χ3n) is 3.92. The van der Waals surface area contributed by atoms with Crippen molar-refractivity contribution >= 4 is 34.8 Å². The van der Waals surface area contributed by atoms with E-state index in [0.29, 0.717) is 0 Å². The molecule has 1 aromatic carbocycles. The lowest BCUT2D eigenvalue weighted by molar-refractivity contribution is 0.215. The van der Waals surface area contributed by atoms with Crippen molar-refractivity contribution in [3.05, 3.63) is 57.7 Å². The van der Waals surface area contributed by atoms with Crippen molar-refractivity contribution in [3.63, 3.8) is 0 Å². The number of hydrogen-bond donors (Lipinski definition) is 1. The van der Waals surface area contributed by atoms with Crippen LogP contribution in [0.2, 0.25) is 5.02 Å². The van der Waals surface area contributed by atoms with E-state index in [1.807, 2.05) is 18.2 Å². The van der Waals surface area contributed by atoms with Gasteiger partial charge < -0.3 is 10.2 Å². The first-order chi connectivity index (χ1) is 10.1. The van der Waals surface area contributed by atoms with Crippen LogP contribution in [0.3, 0.4) is 0 Å². The van der Waals surface area contributed by atoms with Crippen LogP contribution in [-0.4, -0.2) is 29.9 Å². The molecule has 1 aliphatic carbocycles. The van der Waals surface area contributed by atoms with Crippen molar-refractivity contribution in [2.45, 2.75) is 17.8 Å². The molecule has 0 radical (unpaired) electrons. The van der Waals surface area contributed by atoms with Gasteiger partial charge in [-0.15, -0.1) is 11.6 Å². The van der Waals surface area contributed by atoms with Crippen LogP contribution in [0, 0.1) is 0 Å². The smallest absolute Gasteiger partial charge is 0.0667 e. The van der Waals surface area contributed by atoms with Gasteiger partial charge in [-0.2, -0.15) is 0 Å². The molecule has 5 heteroatoms.